The van der Waals surface area contributed by atoms with Gasteiger partial charge >= 0.3 is 0 Å². The zero-order valence-corrected chi connectivity index (χ0v) is 13.8. The second kappa shape index (κ2) is 7.77. The van der Waals surface area contributed by atoms with Gasteiger partial charge in [0.25, 0.3) is 0 Å². The monoisotopic (exact) mass is 323 g/mol. The number of rotatable bonds is 6. The normalized spacial score (nSPS) is 14.4. The molecule has 24 heavy (non-hydrogen) atoms. The van der Waals surface area contributed by atoms with Crippen LogP contribution in [-0.2, 0) is 0 Å². The van der Waals surface area contributed by atoms with E-state index >= 15 is 0 Å². The van der Waals surface area contributed by atoms with Crippen molar-refractivity contribution in [3.05, 3.63) is 59.4 Å². The highest BCUT2D eigenvalue weighted by molar-refractivity contribution is 5.76. The molecule has 0 spiro atoms. The molecular weight excluding hydrogens is 302 g/mol. The van der Waals surface area contributed by atoms with Crippen molar-refractivity contribution in [3.63, 3.8) is 0 Å². The van der Waals surface area contributed by atoms with Gasteiger partial charge in [-0.2, -0.15) is 0 Å². The Hall–Kier alpha value is -2.62. The number of carbonyl (C=O) groups is 1. The van der Waals surface area contributed by atoms with Crippen LogP contribution in [0.5, 0.6) is 11.5 Å². The van der Waals surface area contributed by atoms with Crippen LogP contribution in [0, 0.1) is 0 Å². The van der Waals surface area contributed by atoms with E-state index in [4.69, 9.17) is 9.47 Å². The topological polar surface area (TPSA) is 48.4 Å². The van der Waals surface area contributed by atoms with E-state index in [-0.39, 0.29) is 0 Å². The lowest BCUT2D eigenvalue weighted by Gasteiger charge is -2.22. The molecule has 2 aromatic rings. The minimum Gasteiger partial charge on any atom is -0.496 e. The van der Waals surface area contributed by atoms with Crippen LogP contribution in [0.15, 0.2) is 48.2 Å². The Kier molecular flexibility index (Phi) is 5.26. The van der Waals surface area contributed by atoms with Gasteiger partial charge in [0.15, 0.2) is 6.29 Å². The summed E-state index contributed by atoms with van der Waals surface area (Å²) >= 11 is 0. The largest absolute Gasteiger partial charge is 0.496 e. The summed E-state index contributed by atoms with van der Waals surface area (Å²) < 4.78 is 11.4. The molecular formula is C20H21NO3. The van der Waals surface area contributed by atoms with E-state index in [1.807, 2.05) is 18.2 Å². The number of ether oxygens (including phenoxy) is 2. The van der Waals surface area contributed by atoms with Crippen LogP contribution >= 0.6 is 0 Å². The molecule has 1 heterocycles. The highest BCUT2D eigenvalue weighted by Gasteiger charge is 2.18. The predicted octanol–water partition coefficient (Wildman–Crippen LogP) is 4.31. The lowest BCUT2D eigenvalue weighted by molar-refractivity contribution is 0.111. The first-order chi connectivity index (χ1) is 11.8. The molecule has 1 aromatic heterocycles. The Morgan fingerprint density at radius 1 is 1.08 bits per heavy atom. The molecule has 0 bridgehead atoms. The van der Waals surface area contributed by atoms with Gasteiger partial charge in [0, 0.05) is 11.8 Å². The average molecular weight is 323 g/mol. The number of hydrogen-bond donors (Lipinski definition) is 0. The first kappa shape index (κ1) is 16.2. The van der Waals surface area contributed by atoms with Gasteiger partial charge in [0.1, 0.15) is 23.8 Å². The number of hydrogen-bond acceptors (Lipinski definition) is 4. The molecule has 124 valence electrons. The van der Waals surface area contributed by atoms with Gasteiger partial charge in [-0.15, -0.1) is 0 Å². The molecule has 0 fully saturated rings. The third-order valence-corrected chi connectivity index (χ3v) is 4.33. The van der Waals surface area contributed by atoms with Gasteiger partial charge in [-0.25, -0.2) is 4.98 Å². The molecule has 0 N–H and O–H groups in total. The second-order valence-corrected chi connectivity index (χ2v) is 5.78. The fourth-order valence-electron chi connectivity index (χ4n) is 3.12. The summed E-state index contributed by atoms with van der Waals surface area (Å²) in [7, 11) is 1.70. The molecule has 0 atom stereocenters. The molecule has 3 rings (SSSR count). The zero-order chi connectivity index (χ0) is 16.8. The molecule has 0 saturated carbocycles. The first-order valence-corrected chi connectivity index (χ1v) is 8.20. The Bertz CT molecular complexity index is 752. The molecule has 0 radical (unpaired) electrons. The van der Waals surface area contributed by atoms with Crippen molar-refractivity contribution in [2.45, 2.75) is 25.7 Å². The van der Waals surface area contributed by atoms with Crippen molar-refractivity contribution in [2.24, 2.45) is 0 Å². The maximum Gasteiger partial charge on any atom is 0.172 e. The van der Waals surface area contributed by atoms with Crippen LogP contribution in [0.2, 0.25) is 0 Å². The maximum atomic E-state index is 11.1. The van der Waals surface area contributed by atoms with Crippen LogP contribution in [0.3, 0.4) is 0 Å². The second-order valence-electron chi connectivity index (χ2n) is 5.78. The minimum atomic E-state index is 0.341. The maximum absolute atomic E-state index is 11.1. The molecule has 1 aromatic carbocycles. The summed E-state index contributed by atoms with van der Waals surface area (Å²) in [6, 6.07) is 11.7. The SMILES string of the molecule is COc1ccccc1C1=C(COc2cccnc2C=O)CCCC1. The van der Waals surface area contributed by atoms with Gasteiger partial charge in [-0.3, -0.25) is 4.79 Å². The molecule has 1 aliphatic carbocycles. The smallest absolute Gasteiger partial charge is 0.172 e. The Morgan fingerprint density at radius 3 is 2.71 bits per heavy atom. The van der Waals surface area contributed by atoms with Gasteiger partial charge in [0.2, 0.25) is 0 Å². The predicted molar refractivity (Wildman–Crippen MR) is 93.5 cm³/mol. The van der Waals surface area contributed by atoms with Crippen LogP contribution in [0.25, 0.3) is 5.57 Å². The van der Waals surface area contributed by atoms with E-state index in [0.717, 1.165) is 36.9 Å². The number of aromatic nitrogens is 1. The van der Waals surface area contributed by atoms with Gasteiger partial charge in [0.05, 0.1) is 7.11 Å². The van der Waals surface area contributed by atoms with Crippen LogP contribution < -0.4 is 9.47 Å². The van der Waals surface area contributed by atoms with Gasteiger partial charge < -0.3 is 9.47 Å². The molecule has 1 aliphatic rings. The third kappa shape index (κ3) is 3.48. The highest BCUT2D eigenvalue weighted by Crippen LogP contribution is 2.37. The van der Waals surface area contributed by atoms with E-state index in [0.29, 0.717) is 18.1 Å². The third-order valence-electron chi connectivity index (χ3n) is 4.33. The van der Waals surface area contributed by atoms with E-state index in [9.17, 15) is 4.79 Å². The number of para-hydroxylation sites is 1. The molecule has 4 nitrogen and oxygen atoms in total. The molecule has 4 heteroatoms. The first-order valence-electron chi connectivity index (χ1n) is 8.20. The summed E-state index contributed by atoms with van der Waals surface area (Å²) in [5.74, 6) is 1.42. The van der Waals surface area contributed by atoms with Crippen LogP contribution in [-0.4, -0.2) is 25.0 Å². The summed E-state index contributed by atoms with van der Waals surface area (Å²) in [6.45, 7) is 0.472. The number of aldehydes is 1. The lowest BCUT2D eigenvalue weighted by Crippen LogP contribution is -2.10. The minimum absolute atomic E-state index is 0.341. The van der Waals surface area contributed by atoms with Gasteiger partial charge in [-0.05, 0) is 55.0 Å². The summed E-state index contributed by atoms with van der Waals surface area (Å²) in [5.41, 5.74) is 4.05. The number of benzene rings is 1. The molecule has 0 amide bonds. The Balaban J connectivity index is 1.88. The average Bonchev–Trinajstić information content (AvgIpc) is 2.66. The van der Waals surface area contributed by atoms with E-state index in [1.54, 1.807) is 25.4 Å². The zero-order valence-electron chi connectivity index (χ0n) is 13.8. The Morgan fingerprint density at radius 2 is 1.88 bits per heavy atom. The van der Waals surface area contributed by atoms with E-state index in [1.165, 1.54) is 17.6 Å². The lowest BCUT2D eigenvalue weighted by atomic mass is 9.87. The fraction of sp³-hybridized carbons (Fsp3) is 0.300. The summed E-state index contributed by atoms with van der Waals surface area (Å²) in [4.78, 5) is 15.1. The summed E-state index contributed by atoms with van der Waals surface area (Å²) in [6.07, 6.45) is 6.67. The Labute approximate surface area is 142 Å². The fourth-order valence-corrected chi connectivity index (χ4v) is 3.12. The van der Waals surface area contributed by atoms with E-state index in [2.05, 4.69) is 11.1 Å². The highest BCUT2D eigenvalue weighted by atomic mass is 16.5. The van der Waals surface area contributed by atoms with Crippen molar-refractivity contribution in [1.29, 1.82) is 0 Å². The van der Waals surface area contributed by atoms with Crippen molar-refractivity contribution in [1.82, 2.24) is 4.98 Å². The van der Waals surface area contributed by atoms with Crippen molar-refractivity contribution < 1.29 is 14.3 Å². The summed E-state index contributed by atoms with van der Waals surface area (Å²) in [5, 5.41) is 0. The van der Waals surface area contributed by atoms with Crippen molar-refractivity contribution in [3.8, 4) is 11.5 Å². The standard InChI is InChI=1S/C20H21NO3/c1-23-19-10-5-4-9-17(19)16-8-3-2-7-15(16)14-24-20-11-6-12-21-18(20)13-22/h4-6,9-13H,2-3,7-8,14H2,1H3. The van der Waals surface area contributed by atoms with Crippen LogP contribution in [0.4, 0.5) is 0 Å². The van der Waals surface area contributed by atoms with Crippen molar-refractivity contribution >= 4 is 11.9 Å². The number of allylic oxidation sites excluding steroid dienone is 1. The molecule has 0 aliphatic heterocycles. The molecule has 0 unspecified atom stereocenters. The number of nitrogens with zero attached hydrogens (tertiary/aromatic N) is 1. The number of methoxy groups -OCH3 is 1. The quantitative estimate of drug-likeness (QED) is 0.743. The number of pyridine rings is 1. The number of carbonyl (C=O) groups excluding carboxylic acids is 1. The van der Waals surface area contributed by atoms with E-state index < -0.39 is 0 Å². The van der Waals surface area contributed by atoms with Crippen molar-refractivity contribution in [2.75, 3.05) is 13.7 Å². The van der Waals surface area contributed by atoms with Gasteiger partial charge in [-0.1, -0.05) is 18.2 Å². The molecule has 0 saturated heterocycles. The van der Waals surface area contributed by atoms with Crippen LogP contribution in [0.1, 0.15) is 41.7 Å².